The Labute approximate surface area is 189 Å². The number of halogens is 3. The van der Waals surface area contributed by atoms with Crippen LogP contribution in [0.25, 0.3) is 11.4 Å². The van der Waals surface area contributed by atoms with E-state index in [1.165, 1.54) is 12.1 Å². The van der Waals surface area contributed by atoms with Crippen molar-refractivity contribution in [2.24, 2.45) is 0 Å². The number of hydrogen-bond donors (Lipinski definition) is 1. The number of anilines is 1. The zero-order valence-electron chi connectivity index (χ0n) is 18.1. The molecule has 0 bridgehead atoms. The Morgan fingerprint density at radius 1 is 1.12 bits per heavy atom. The molecule has 0 unspecified atom stereocenters. The largest absolute Gasteiger partial charge is 0.469 e. The molecule has 4 rings (SSSR count). The number of nitrogens with zero attached hydrogens (tertiary/aromatic N) is 2. The first kappa shape index (κ1) is 23.3. The highest BCUT2D eigenvalue weighted by Gasteiger charge is 2.30. The van der Waals surface area contributed by atoms with E-state index in [9.17, 15) is 17.7 Å². The molecule has 33 heavy (non-hydrogen) atoms. The first-order valence-corrected chi connectivity index (χ1v) is 12.9. The molecule has 6 nitrogen and oxygen atoms in total. The molecule has 0 amide bonds. The third-order valence-electron chi connectivity index (χ3n) is 5.16. The summed E-state index contributed by atoms with van der Waals surface area (Å²) < 4.78 is 62.0. The van der Waals surface area contributed by atoms with Gasteiger partial charge in [-0.2, -0.15) is 18.2 Å². The minimum Gasteiger partial charge on any atom is -0.469 e. The van der Waals surface area contributed by atoms with Gasteiger partial charge < -0.3 is 19.4 Å². The number of alkyl halides is 3. The van der Waals surface area contributed by atoms with Gasteiger partial charge in [0.25, 0.3) is 0 Å². The van der Waals surface area contributed by atoms with Crippen LogP contribution in [0.5, 0.6) is 5.88 Å². The first-order chi connectivity index (χ1) is 15.6. The smallest absolute Gasteiger partial charge is 0.416 e. The SMILES string of the molecule is CP(C)(=O)c1ccc(NCc2ccc(C(F)(F)F)cc2)c(-c2nccc(OC3COC3)n2)c1. The van der Waals surface area contributed by atoms with Crippen molar-refractivity contribution in [2.45, 2.75) is 18.8 Å². The average molecular weight is 477 g/mol. The van der Waals surface area contributed by atoms with Crippen LogP contribution in [0.2, 0.25) is 0 Å². The van der Waals surface area contributed by atoms with Crippen molar-refractivity contribution in [1.29, 1.82) is 0 Å². The van der Waals surface area contributed by atoms with E-state index in [4.69, 9.17) is 9.47 Å². The summed E-state index contributed by atoms with van der Waals surface area (Å²) in [7, 11) is -2.55. The fourth-order valence-corrected chi connectivity index (χ4v) is 4.08. The second-order valence-electron chi connectivity index (χ2n) is 8.12. The minimum absolute atomic E-state index is 0.0529. The Morgan fingerprint density at radius 2 is 1.85 bits per heavy atom. The van der Waals surface area contributed by atoms with E-state index >= 15 is 0 Å². The van der Waals surface area contributed by atoms with Crippen LogP contribution in [0, 0.1) is 0 Å². The molecule has 0 spiro atoms. The molecule has 0 radical (unpaired) electrons. The molecule has 174 valence electrons. The van der Waals surface area contributed by atoms with E-state index in [1.807, 2.05) is 0 Å². The maximum atomic E-state index is 12.8. The quantitative estimate of drug-likeness (QED) is 0.493. The van der Waals surface area contributed by atoms with Crippen molar-refractivity contribution in [3.8, 4) is 17.3 Å². The lowest BCUT2D eigenvalue weighted by Crippen LogP contribution is -2.38. The summed E-state index contributed by atoms with van der Waals surface area (Å²) in [5.41, 5.74) is 1.27. The molecule has 1 aliphatic heterocycles. The molecular formula is C23H23F3N3O3P. The maximum absolute atomic E-state index is 12.8. The van der Waals surface area contributed by atoms with E-state index in [1.54, 1.807) is 43.8 Å². The van der Waals surface area contributed by atoms with Crippen molar-refractivity contribution < 1.29 is 27.2 Å². The van der Waals surface area contributed by atoms with Gasteiger partial charge in [-0.25, -0.2) is 4.98 Å². The lowest BCUT2D eigenvalue weighted by Gasteiger charge is -2.26. The predicted molar refractivity (Wildman–Crippen MR) is 121 cm³/mol. The lowest BCUT2D eigenvalue weighted by atomic mass is 10.1. The van der Waals surface area contributed by atoms with Crippen molar-refractivity contribution in [1.82, 2.24) is 9.97 Å². The molecule has 3 aromatic rings. The Bertz CT molecular complexity index is 1180. The van der Waals surface area contributed by atoms with Gasteiger partial charge >= 0.3 is 6.18 Å². The Hall–Kier alpha value is -2.90. The van der Waals surface area contributed by atoms with Crippen LogP contribution in [0.15, 0.2) is 54.7 Å². The number of rotatable bonds is 7. The summed E-state index contributed by atoms with van der Waals surface area (Å²) in [5, 5.41) is 3.90. The molecule has 1 saturated heterocycles. The third kappa shape index (κ3) is 5.72. The minimum atomic E-state index is -4.38. The molecule has 0 aliphatic carbocycles. The molecule has 2 aromatic carbocycles. The molecule has 1 aliphatic rings. The normalized spacial score (nSPS) is 14.6. The van der Waals surface area contributed by atoms with Crippen LogP contribution < -0.4 is 15.4 Å². The van der Waals surface area contributed by atoms with Crippen molar-refractivity contribution in [3.63, 3.8) is 0 Å². The summed E-state index contributed by atoms with van der Waals surface area (Å²) in [4.78, 5) is 8.86. The van der Waals surface area contributed by atoms with E-state index in [0.29, 0.717) is 47.0 Å². The van der Waals surface area contributed by atoms with Gasteiger partial charge in [0.2, 0.25) is 5.88 Å². The van der Waals surface area contributed by atoms with Crippen molar-refractivity contribution in [2.75, 3.05) is 31.9 Å². The molecular weight excluding hydrogens is 454 g/mol. The molecule has 1 aromatic heterocycles. The topological polar surface area (TPSA) is 73.3 Å². The van der Waals surface area contributed by atoms with Crippen LogP contribution >= 0.6 is 7.14 Å². The molecule has 1 N–H and O–H groups in total. The van der Waals surface area contributed by atoms with Crippen molar-refractivity contribution >= 4 is 18.1 Å². The summed E-state index contributed by atoms with van der Waals surface area (Å²) in [6.45, 7) is 4.65. The summed E-state index contributed by atoms with van der Waals surface area (Å²) >= 11 is 0. The second kappa shape index (κ2) is 9.15. The highest BCUT2D eigenvalue weighted by molar-refractivity contribution is 7.70. The molecule has 2 heterocycles. The van der Waals surface area contributed by atoms with E-state index < -0.39 is 18.9 Å². The number of aromatic nitrogens is 2. The maximum Gasteiger partial charge on any atom is 0.416 e. The van der Waals surface area contributed by atoms with Crippen LogP contribution in [0.4, 0.5) is 18.9 Å². The number of nitrogens with one attached hydrogen (secondary N) is 1. The molecule has 0 atom stereocenters. The number of hydrogen-bond acceptors (Lipinski definition) is 6. The standard InChI is InChI=1S/C23H23F3N3O3P/c1-33(2,30)18-7-8-20(28-12-15-3-5-16(6-4-15)23(24,25)26)19(11-18)22-27-10-9-21(29-22)32-17-13-31-14-17/h3-11,17,28H,12-14H2,1-2H3. The summed E-state index contributed by atoms with van der Waals surface area (Å²) in [6, 6.07) is 12.0. The summed E-state index contributed by atoms with van der Waals surface area (Å²) in [5.74, 6) is 0.793. The lowest BCUT2D eigenvalue weighted by molar-refractivity contribution is -0.137. The van der Waals surface area contributed by atoms with Gasteiger partial charge in [0, 0.05) is 35.4 Å². The predicted octanol–water partition coefficient (Wildman–Crippen LogP) is 4.80. The van der Waals surface area contributed by atoms with Crippen molar-refractivity contribution in [3.05, 3.63) is 65.9 Å². The highest BCUT2D eigenvalue weighted by atomic mass is 31.2. The Balaban J connectivity index is 1.61. The number of benzene rings is 2. The average Bonchev–Trinajstić information content (AvgIpc) is 2.74. The van der Waals surface area contributed by atoms with Gasteiger partial charge in [0.05, 0.1) is 18.8 Å². The molecule has 1 fully saturated rings. The Kier molecular flexibility index (Phi) is 6.45. The summed E-state index contributed by atoms with van der Waals surface area (Å²) in [6.07, 6.45) is -2.84. The third-order valence-corrected chi connectivity index (χ3v) is 6.68. The van der Waals surface area contributed by atoms with E-state index in [2.05, 4.69) is 15.3 Å². The molecule has 10 heteroatoms. The van der Waals surface area contributed by atoms with Crippen LogP contribution in [0.1, 0.15) is 11.1 Å². The monoisotopic (exact) mass is 477 g/mol. The van der Waals surface area contributed by atoms with Crippen LogP contribution in [-0.2, 0) is 22.0 Å². The van der Waals surface area contributed by atoms with Gasteiger partial charge in [0.15, 0.2) is 5.82 Å². The number of ether oxygens (including phenoxy) is 2. The second-order valence-corrected chi connectivity index (χ2v) is 11.3. The van der Waals surface area contributed by atoms with E-state index in [0.717, 1.165) is 12.1 Å². The van der Waals surface area contributed by atoms with Gasteiger partial charge in [-0.05, 0) is 49.2 Å². The van der Waals surface area contributed by atoms with Gasteiger partial charge in [-0.1, -0.05) is 12.1 Å². The first-order valence-electron chi connectivity index (χ1n) is 10.3. The molecule has 0 saturated carbocycles. The van der Waals surface area contributed by atoms with E-state index in [-0.39, 0.29) is 12.6 Å². The van der Waals surface area contributed by atoms with Crippen LogP contribution in [-0.4, -0.2) is 42.6 Å². The fourth-order valence-electron chi connectivity index (χ4n) is 3.21. The Morgan fingerprint density at radius 3 is 2.45 bits per heavy atom. The van der Waals surface area contributed by atoms with Gasteiger partial charge in [0.1, 0.15) is 13.2 Å². The fraction of sp³-hybridized carbons (Fsp3) is 0.304. The zero-order valence-corrected chi connectivity index (χ0v) is 19.0. The zero-order chi connectivity index (χ0) is 23.6. The van der Waals surface area contributed by atoms with Gasteiger partial charge in [-0.3, -0.25) is 0 Å². The van der Waals surface area contributed by atoms with Gasteiger partial charge in [-0.15, -0.1) is 0 Å². The van der Waals surface area contributed by atoms with Crippen LogP contribution in [0.3, 0.4) is 0 Å². The highest BCUT2D eigenvalue weighted by Crippen LogP contribution is 2.38.